The minimum atomic E-state index is -0.795. The SMILES string of the molecule is N#Cc1ccc(C(O)Cc2cc(Br)ccc2F)cc1. The van der Waals surface area contributed by atoms with Gasteiger partial charge in [0.25, 0.3) is 0 Å². The number of aliphatic hydroxyl groups excluding tert-OH is 1. The smallest absolute Gasteiger partial charge is 0.126 e. The number of rotatable bonds is 3. The van der Waals surface area contributed by atoms with E-state index in [0.717, 1.165) is 4.47 Å². The molecule has 0 saturated carbocycles. The molecule has 1 unspecified atom stereocenters. The molecule has 0 spiro atoms. The lowest BCUT2D eigenvalue weighted by atomic mass is 10.0. The van der Waals surface area contributed by atoms with Crippen LogP contribution in [0.1, 0.15) is 22.8 Å². The molecule has 2 nitrogen and oxygen atoms in total. The van der Waals surface area contributed by atoms with Crippen LogP contribution in [0.25, 0.3) is 0 Å². The molecule has 1 N–H and O–H groups in total. The van der Waals surface area contributed by atoms with Gasteiger partial charge in [0, 0.05) is 10.9 Å². The Morgan fingerprint density at radius 3 is 2.53 bits per heavy atom. The number of hydrogen-bond acceptors (Lipinski definition) is 2. The molecule has 1 atom stereocenters. The molecule has 0 heterocycles. The van der Waals surface area contributed by atoms with Gasteiger partial charge in [0.15, 0.2) is 0 Å². The van der Waals surface area contributed by atoms with Gasteiger partial charge in [0.2, 0.25) is 0 Å². The van der Waals surface area contributed by atoms with Crippen LogP contribution < -0.4 is 0 Å². The summed E-state index contributed by atoms with van der Waals surface area (Å²) in [5, 5.41) is 18.8. The van der Waals surface area contributed by atoms with Gasteiger partial charge in [0.05, 0.1) is 17.7 Å². The van der Waals surface area contributed by atoms with E-state index in [4.69, 9.17) is 5.26 Å². The summed E-state index contributed by atoms with van der Waals surface area (Å²) in [5.74, 6) is -0.337. The van der Waals surface area contributed by atoms with Crippen molar-refractivity contribution < 1.29 is 9.50 Å². The maximum atomic E-state index is 13.6. The fourth-order valence-electron chi connectivity index (χ4n) is 1.81. The highest BCUT2D eigenvalue weighted by molar-refractivity contribution is 9.10. The maximum Gasteiger partial charge on any atom is 0.126 e. The molecule has 0 bridgehead atoms. The van der Waals surface area contributed by atoms with E-state index < -0.39 is 6.10 Å². The van der Waals surface area contributed by atoms with Crippen molar-refractivity contribution in [1.29, 1.82) is 5.26 Å². The number of nitriles is 1. The maximum absolute atomic E-state index is 13.6. The van der Waals surface area contributed by atoms with Gasteiger partial charge >= 0.3 is 0 Å². The van der Waals surface area contributed by atoms with Crippen molar-refractivity contribution in [2.24, 2.45) is 0 Å². The Morgan fingerprint density at radius 2 is 1.89 bits per heavy atom. The zero-order valence-electron chi connectivity index (χ0n) is 9.98. The molecule has 0 aliphatic heterocycles. The Labute approximate surface area is 119 Å². The van der Waals surface area contributed by atoms with Crippen LogP contribution in [-0.4, -0.2) is 5.11 Å². The number of aliphatic hydroxyl groups is 1. The minimum Gasteiger partial charge on any atom is -0.388 e. The van der Waals surface area contributed by atoms with Crippen LogP contribution in [0.4, 0.5) is 4.39 Å². The van der Waals surface area contributed by atoms with E-state index in [1.807, 2.05) is 6.07 Å². The Kier molecular flexibility index (Phi) is 4.31. The molecule has 2 aromatic carbocycles. The Hall–Kier alpha value is -1.70. The summed E-state index contributed by atoms with van der Waals surface area (Å²) in [4.78, 5) is 0. The summed E-state index contributed by atoms with van der Waals surface area (Å²) in [6.07, 6.45) is -0.603. The molecule has 0 aliphatic carbocycles. The zero-order chi connectivity index (χ0) is 13.8. The number of hydrogen-bond donors (Lipinski definition) is 1. The van der Waals surface area contributed by atoms with Crippen LogP contribution in [0, 0.1) is 17.1 Å². The molecule has 4 heteroatoms. The van der Waals surface area contributed by atoms with Gasteiger partial charge < -0.3 is 5.11 Å². The van der Waals surface area contributed by atoms with Crippen molar-refractivity contribution in [1.82, 2.24) is 0 Å². The second-order valence-corrected chi connectivity index (χ2v) is 5.11. The number of halogens is 2. The summed E-state index contributed by atoms with van der Waals surface area (Å²) in [6.45, 7) is 0. The van der Waals surface area contributed by atoms with Crippen molar-refractivity contribution in [3.8, 4) is 6.07 Å². The summed E-state index contributed by atoms with van der Waals surface area (Å²) in [6, 6.07) is 13.3. The van der Waals surface area contributed by atoms with Gasteiger partial charge in [-0.2, -0.15) is 5.26 Å². The second-order valence-electron chi connectivity index (χ2n) is 4.19. The lowest BCUT2D eigenvalue weighted by Crippen LogP contribution is -2.03. The molecule has 2 aromatic rings. The third-order valence-electron chi connectivity index (χ3n) is 2.85. The minimum absolute atomic E-state index is 0.192. The van der Waals surface area contributed by atoms with Crippen LogP contribution in [-0.2, 0) is 6.42 Å². The predicted molar refractivity (Wildman–Crippen MR) is 73.9 cm³/mol. The quantitative estimate of drug-likeness (QED) is 0.936. The van der Waals surface area contributed by atoms with Crippen LogP contribution in [0.5, 0.6) is 0 Å². The van der Waals surface area contributed by atoms with Gasteiger partial charge in [-0.25, -0.2) is 4.39 Å². The molecule has 19 heavy (non-hydrogen) atoms. The Morgan fingerprint density at radius 1 is 1.21 bits per heavy atom. The fourth-order valence-corrected chi connectivity index (χ4v) is 2.21. The molecule has 0 amide bonds. The molecule has 0 aromatic heterocycles. The average Bonchev–Trinajstić information content (AvgIpc) is 2.43. The van der Waals surface area contributed by atoms with Crippen molar-refractivity contribution in [2.45, 2.75) is 12.5 Å². The highest BCUT2D eigenvalue weighted by Crippen LogP contribution is 2.23. The first-order valence-corrected chi connectivity index (χ1v) is 6.51. The van der Waals surface area contributed by atoms with E-state index in [9.17, 15) is 9.50 Å². The Bertz CT molecular complexity index is 619. The third kappa shape index (κ3) is 3.40. The standard InChI is InChI=1S/C15H11BrFNO/c16-13-5-6-14(17)12(7-13)8-15(19)11-3-1-10(9-18)2-4-11/h1-7,15,19H,8H2. The summed E-state index contributed by atoms with van der Waals surface area (Å²) >= 11 is 3.28. The molecular formula is C15H11BrFNO. The van der Waals surface area contributed by atoms with E-state index in [-0.39, 0.29) is 12.2 Å². The summed E-state index contributed by atoms with van der Waals surface area (Å²) in [7, 11) is 0. The predicted octanol–water partition coefficient (Wildman–Crippen LogP) is 3.74. The monoisotopic (exact) mass is 319 g/mol. The van der Waals surface area contributed by atoms with Crippen molar-refractivity contribution >= 4 is 15.9 Å². The van der Waals surface area contributed by atoms with Crippen molar-refractivity contribution in [3.05, 3.63) is 69.4 Å². The van der Waals surface area contributed by atoms with Crippen molar-refractivity contribution in [3.63, 3.8) is 0 Å². The molecular weight excluding hydrogens is 309 g/mol. The molecule has 0 fully saturated rings. The Balaban J connectivity index is 2.18. The molecule has 0 saturated heterocycles. The molecule has 96 valence electrons. The summed E-state index contributed by atoms with van der Waals surface area (Å²) in [5.41, 5.74) is 1.65. The fraction of sp³-hybridized carbons (Fsp3) is 0.133. The van der Waals surface area contributed by atoms with E-state index in [1.54, 1.807) is 36.4 Å². The number of benzene rings is 2. The second kappa shape index (κ2) is 5.96. The topological polar surface area (TPSA) is 44.0 Å². The summed E-state index contributed by atoms with van der Waals surface area (Å²) < 4.78 is 14.4. The highest BCUT2D eigenvalue weighted by Gasteiger charge is 2.12. The first-order valence-electron chi connectivity index (χ1n) is 5.72. The van der Waals surface area contributed by atoms with E-state index >= 15 is 0 Å². The van der Waals surface area contributed by atoms with Gasteiger partial charge in [-0.1, -0.05) is 28.1 Å². The van der Waals surface area contributed by atoms with Crippen LogP contribution >= 0.6 is 15.9 Å². The number of nitrogens with zero attached hydrogens (tertiary/aromatic N) is 1. The first kappa shape index (κ1) is 13.7. The van der Waals surface area contributed by atoms with E-state index in [2.05, 4.69) is 15.9 Å². The van der Waals surface area contributed by atoms with Crippen molar-refractivity contribution in [2.75, 3.05) is 0 Å². The largest absolute Gasteiger partial charge is 0.388 e. The highest BCUT2D eigenvalue weighted by atomic mass is 79.9. The van der Waals surface area contributed by atoms with Gasteiger partial charge in [-0.05, 0) is 41.5 Å². The normalized spacial score (nSPS) is 11.9. The van der Waals surface area contributed by atoms with Gasteiger partial charge in [0.1, 0.15) is 5.82 Å². The van der Waals surface area contributed by atoms with Gasteiger partial charge in [-0.15, -0.1) is 0 Å². The van der Waals surface area contributed by atoms with Gasteiger partial charge in [-0.3, -0.25) is 0 Å². The van der Waals surface area contributed by atoms with Crippen LogP contribution in [0.3, 0.4) is 0 Å². The molecule has 0 radical (unpaired) electrons. The lowest BCUT2D eigenvalue weighted by molar-refractivity contribution is 0.177. The third-order valence-corrected chi connectivity index (χ3v) is 3.34. The zero-order valence-corrected chi connectivity index (χ0v) is 11.6. The van der Waals surface area contributed by atoms with Crippen LogP contribution in [0.2, 0.25) is 0 Å². The lowest BCUT2D eigenvalue weighted by Gasteiger charge is -2.12. The molecule has 2 rings (SSSR count). The van der Waals surface area contributed by atoms with Crippen LogP contribution in [0.15, 0.2) is 46.9 Å². The van der Waals surface area contributed by atoms with E-state index in [1.165, 1.54) is 6.07 Å². The molecule has 0 aliphatic rings. The first-order chi connectivity index (χ1) is 9.10. The van der Waals surface area contributed by atoms with E-state index in [0.29, 0.717) is 16.7 Å². The average molecular weight is 320 g/mol.